The highest BCUT2D eigenvalue weighted by Gasteiger charge is 2.19. The van der Waals surface area contributed by atoms with Crippen LogP contribution in [0.2, 0.25) is 0 Å². The highest BCUT2D eigenvalue weighted by Crippen LogP contribution is 2.31. The second kappa shape index (κ2) is 11.3. The van der Waals surface area contributed by atoms with E-state index < -0.39 is 0 Å². The first-order valence-electron chi connectivity index (χ1n) is 12.1. The maximum Gasteiger partial charge on any atom is 0.251 e. The zero-order valence-corrected chi connectivity index (χ0v) is 19.9. The SMILES string of the molecule is C1CCOC1.CCC(=Nc1cnn(C2CCNCC2)c1)c1c(O)[nH]c2ccc(C(=O)NC)cc12. The molecular formula is C25H34N6O3. The first kappa shape index (κ1) is 24.0. The van der Waals surface area contributed by atoms with E-state index in [1.54, 1.807) is 31.4 Å². The summed E-state index contributed by atoms with van der Waals surface area (Å²) in [6.07, 6.45) is 9.02. The van der Waals surface area contributed by atoms with Crippen molar-refractivity contribution in [3.63, 3.8) is 0 Å². The van der Waals surface area contributed by atoms with Crippen LogP contribution in [0.3, 0.4) is 0 Å². The smallest absolute Gasteiger partial charge is 0.251 e. The summed E-state index contributed by atoms with van der Waals surface area (Å²) in [5.74, 6) is -0.114. The Morgan fingerprint density at radius 2 is 2.06 bits per heavy atom. The molecule has 1 amide bonds. The maximum atomic E-state index is 12.0. The number of amides is 1. The molecule has 9 heteroatoms. The second-order valence-electron chi connectivity index (χ2n) is 8.58. The topological polar surface area (TPSA) is 117 Å². The fraction of sp³-hybridized carbons (Fsp3) is 0.480. The number of ether oxygens (including phenoxy) is 1. The number of aliphatic imine (C=N–C) groups is 1. The quantitative estimate of drug-likeness (QED) is 0.428. The van der Waals surface area contributed by atoms with Crippen molar-refractivity contribution in [2.75, 3.05) is 33.4 Å². The van der Waals surface area contributed by atoms with Gasteiger partial charge in [-0.3, -0.25) is 9.48 Å². The van der Waals surface area contributed by atoms with Crippen molar-refractivity contribution in [3.05, 3.63) is 41.7 Å². The van der Waals surface area contributed by atoms with Crippen LogP contribution in [0.1, 0.15) is 61.0 Å². The first-order chi connectivity index (χ1) is 16.6. The number of hydrogen-bond acceptors (Lipinski definition) is 6. The van der Waals surface area contributed by atoms with Gasteiger partial charge in [-0.05, 0) is 63.4 Å². The predicted molar refractivity (Wildman–Crippen MR) is 133 cm³/mol. The van der Waals surface area contributed by atoms with Crippen LogP contribution >= 0.6 is 0 Å². The first-order valence-corrected chi connectivity index (χ1v) is 12.1. The van der Waals surface area contributed by atoms with Gasteiger partial charge in [0.2, 0.25) is 0 Å². The molecule has 1 aromatic carbocycles. The van der Waals surface area contributed by atoms with E-state index in [4.69, 9.17) is 9.73 Å². The monoisotopic (exact) mass is 466 g/mol. The Balaban J connectivity index is 0.000000486. The molecule has 2 saturated heterocycles. The Labute approximate surface area is 199 Å². The molecule has 0 spiro atoms. The van der Waals surface area contributed by atoms with Gasteiger partial charge in [-0.1, -0.05) is 6.92 Å². The average molecular weight is 467 g/mol. The summed E-state index contributed by atoms with van der Waals surface area (Å²) < 4.78 is 6.94. The molecule has 5 rings (SSSR count). The lowest BCUT2D eigenvalue weighted by molar-refractivity contribution is 0.0963. The van der Waals surface area contributed by atoms with Crippen molar-refractivity contribution < 1.29 is 14.6 Å². The largest absolute Gasteiger partial charge is 0.494 e. The van der Waals surface area contributed by atoms with E-state index in [1.807, 2.05) is 17.8 Å². The number of carbonyl (C=O) groups excluding carboxylic acids is 1. The van der Waals surface area contributed by atoms with Gasteiger partial charge in [0.15, 0.2) is 5.88 Å². The lowest BCUT2D eigenvalue weighted by Gasteiger charge is -2.22. The van der Waals surface area contributed by atoms with Crippen LogP contribution in [0, 0.1) is 0 Å². The van der Waals surface area contributed by atoms with Crippen LogP contribution in [-0.4, -0.2) is 64.8 Å². The van der Waals surface area contributed by atoms with E-state index in [0.717, 1.165) is 61.4 Å². The highest BCUT2D eigenvalue weighted by molar-refractivity contribution is 6.14. The van der Waals surface area contributed by atoms with Gasteiger partial charge in [0.1, 0.15) is 5.69 Å². The lowest BCUT2D eigenvalue weighted by Crippen LogP contribution is -2.29. The molecule has 3 aromatic rings. The van der Waals surface area contributed by atoms with Crippen molar-refractivity contribution in [1.82, 2.24) is 25.4 Å². The van der Waals surface area contributed by atoms with Crippen LogP contribution in [0.15, 0.2) is 35.6 Å². The molecule has 4 N–H and O–H groups in total. The minimum Gasteiger partial charge on any atom is -0.494 e. The number of carbonyl (C=O) groups is 1. The summed E-state index contributed by atoms with van der Waals surface area (Å²) >= 11 is 0. The van der Waals surface area contributed by atoms with Gasteiger partial charge in [0.05, 0.1) is 29.7 Å². The number of fused-ring (bicyclic) bond motifs is 1. The van der Waals surface area contributed by atoms with Gasteiger partial charge in [0.25, 0.3) is 5.91 Å². The van der Waals surface area contributed by atoms with Gasteiger partial charge < -0.3 is 25.5 Å². The molecule has 34 heavy (non-hydrogen) atoms. The van der Waals surface area contributed by atoms with E-state index in [9.17, 15) is 9.90 Å². The number of nitrogens with one attached hydrogen (secondary N) is 3. The van der Waals surface area contributed by atoms with E-state index in [0.29, 0.717) is 23.6 Å². The van der Waals surface area contributed by atoms with Crippen LogP contribution in [-0.2, 0) is 4.74 Å². The second-order valence-corrected chi connectivity index (χ2v) is 8.58. The Morgan fingerprint density at radius 3 is 2.71 bits per heavy atom. The number of hydrogen-bond donors (Lipinski definition) is 4. The predicted octanol–water partition coefficient (Wildman–Crippen LogP) is 3.68. The Bertz CT molecular complexity index is 1130. The Morgan fingerprint density at radius 1 is 1.29 bits per heavy atom. The zero-order valence-electron chi connectivity index (χ0n) is 19.9. The molecule has 182 valence electrons. The molecule has 9 nitrogen and oxygen atoms in total. The zero-order chi connectivity index (χ0) is 23.9. The number of aromatic amines is 1. The molecule has 0 saturated carbocycles. The van der Waals surface area contributed by atoms with Crippen molar-refractivity contribution in [2.45, 2.75) is 45.1 Å². The van der Waals surface area contributed by atoms with Gasteiger partial charge in [-0.2, -0.15) is 5.10 Å². The molecule has 2 fully saturated rings. The van der Waals surface area contributed by atoms with E-state index in [1.165, 1.54) is 12.8 Å². The van der Waals surface area contributed by atoms with E-state index in [2.05, 4.69) is 20.7 Å². The van der Waals surface area contributed by atoms with Crippen LogP contribution < -0.4 is 10.6 Å². The van der Waals surface area contributed by atoms with Crippen LogP contribution in [0.4, 0.5) is 5.69 Å². The number of nitrogens with zero attached hydrogens (tertiary/aromatic N) is 3. The number of aromatic hydroxyl groups is 1. The lowest BCUT2D eigenvalue weighted by atomic mass is 10.0. The summed E-state index contributed by atoms with van der Waals surface area (Å²) in [4.78, 5) is 19.8. The molecule has 2 aliphatic rings. The molecule has 0 atom stereocenters. The summed E-state index contributed by atoms with van der Waals surface area (Å²) in [7, 11) is 1.60. The number of piperidine rings is 1. The minimum absolute atomic E-state index is 0.0559. The number of benzene rings is 1. The van der Waals surface area contributed by atoms with Crippen molar-refractivity contribution in [3.8, 4) is 5.88 Å². The van der Waals surface area contributed by atoms with Crippen molar-refractivity contribution in [2.24, 2.45) is 4.99 Å². The molecule has 0 aliphatic carbocycles. The van der Waals surface area contributed by atoms with E-state index in [-0.39, 0.29) is 11.8 Å². The molecule has 0 unspecified atom stereocenters. The minimum atomic E-state index is -0.170. The Kier molecular flexibility index (Phi) is 7.97. The Hall–Kier alpha value is -3.17. The fourth-order valence-electron chi connectivity index (χ4n) is 4.39. The van der Waals surface area contributed by atoms with Gasteiger partial charge in [0, 0.05) is 36.7 Å². The highest BCUT2D eigenvalue weighted by atomic mass is 16.5. The number of aromatic nitrogens is 3. The van der Waals surface area contributed by atoms with E-state index >= 15 is 0 Å². The van der Waals surface area contributed by atoms with Gasteiger partial charge in [-0.15, -0.1) is 0 Å². The summed E-state index contributed by atoms with van der Waals surface area (Å²) in [6, 6.07) is 5.70. The third kappa shape index (κ3) is 5.48. The third-order valence-electron chi connectivity index (χ3n) is 6.25. The molecule has 0 radical (unpaired) electrons. The van der Waals surface area contributed by atoms with Crippen LogP contribution in [0.25, 0.3) is 10.9 Å². The molecule has 2 aliphatic heterocycles. The standard InChI is InChI=1S/C21H26N6O2.C4H8O/c1-3-17(25-14-11-24-27(12-14)15-6-8-23-9-7-15)19-16-10-13(20(28)22-2)4-5-18(16)26-21(19)29;1-2-4-5-3-1/h4-5,10-12,15,23,26,29H,3,6-9H2,1-2H3,(H,22,28);1-4H2. The maximum absolute atomic E-state index is 12.0. The molecule has 0 bridgehead atoms. The van der Waals surface area contributed by atoms with Crippen molar-refractivity contribution >= 4 is 28.2 Å². The number of H-pyrrole nitrogens is 1. The number of rotatable bonds is 5. The van der Waals surface area contributed by atoms with Crippen LogP contribution in [0.5, 0.6) is 5.88 Å². The molecular weight excluding hydrogens is 432 g/mol. The summed E-state index contributed by atoms with van der Waals surface area (Å²) in [5, 5.41) is 21.8. The normalized spacial score (nSPS) is 16.9. The summed E-state index contributed by atoms with van der Waals surface area (Å²) in [6.45, 7) is 6.00. The van der Waals surface area contributed by atoms with Crippen molar-refractivity contribution in [1.29, 1.82) is 0 Å². The van der Waals surface area contributed by atoms with Gasteiger partial charge >= 0.3 is 0 Å². The summed E-state index contributed by atoms with van der Waals surface area (Å²) in [5.41, 5.74) is 3.43. The molecule has 2 aromatic heterocycles. The fourth-order valence-corrected chi connectivity index (χ4v) is 4.39. The van der Waals surface area contributed by atoms with Gasteiger partial charge in [-0.25, -0.2) is 4.99 Å². The average Bonchev–Trinajstić information content (AvgIpc) is 3.64. The molecule has 4 heterocycles. The third-order valence-corrected chi connectivity index (χ3v) is 6.25.